The number of hydrogen-bond acceptors (Lipinski definition) is 6. The maximum atomic E-state index is 13.4. The number of anilines is 1. The van der Waals surface area contributed by atoms with Crippen LogP contribution in [-0.2, 0) is 9.59 Å². The summed E-state index contributed by atoms with van der Waals surface area (Å²) in [5, 5.41) is 20.5. The first-order valence-corrected chi connectivity index (χ1v) is 12.1. The lowest BCUT2D eigenvalue weighted by Gasteiger charge is -2.25. The first kappa shape index (κ1) is 25.5. The first-order valence-electron chi connectivity index (χ1n) is 12.1. The zero-order valence-electron chi connectivity index (χ0n) is 21.0. The van der Waals surface area contributed by atoms with Gasteiger partial charge in [0.15, 0.2) is 0 Å². The number of aliphatic hydroxyl groups is 1. The molecule has 7 nitrogen and oxygen atoms in total. The van der Waals surface area contributed by atoms with Crippen LogP contribution in [0.25, 0.3) is 5.76 Å². The van der Waals surface area contributed by atoms with Gasteiger partial charge in [-0.2, -0.15) is 5.26 Å². The number of ketones is 1. The fraction of sp³-hybridized carbons (Fsp3) is 0.233. The molecule has 3 aromatic rings. The molecule has 1 aliphatic rings. The monoisotopic (exact) mass is 496 g/mol. The van der Waals surface area contributed by atoms with E-state index in [2.05, 4.69) is 6.07 Å². The van der Waals surface area contributed by atoms with Gasteiger partial charge < -0.3 is 14.6 Å². The molecule has 0 aromatic heterocycles. The van der Waals surface area contributed by atoms with Crippen molar-refractivity contribution in [1.82, 2.24) is 0 Å². The number of amides is 1. The second kappa shape index (κ2) is 11.0. The largest absolute Gasteiger partial charge is 0.507 e. The Morgan fingerprint density at radius 1 is 1.03 bits per heavy atom. The molecular formula is C30H28N2O5. The Morgan fingerprint density at radius 3 is 2.35 bits per heavy atom. The molecule has 3 aromatic carbocycles. The molecule has 1 amide bonds. The van der Waals surface area contributed by atoms with Gasteiger partial charge in [-0.3, -0.25) is 14.5 Å². The molecule has 0 radical (unpaired) electrons. The quantitative estimate of drug-likeness (QED) is 0.242. The van der Waals surface area contributed by atoms with Gasteiger partial charge in [0.05, 0.1) is 36.0 Å². The van der Waals surface area contributed by atoms with E-state index >= 15 is 0 Å². The molecule has 0 aliphatic carbocycles. The molecule has 1 unspecified atom stereocenters. The van der Waals surface area contributed by atoms with Gasteiger partial charge in [-0.25, -0.2) is 0 Å². The fourth-order valence-electron chi connectivity index (χ4n) is 4.22. The topological polar surface area (TPSA) is 99.9 Å². The number of aliphatic hydroxyl groups excluding tert-OH is 1. The van der Waals surface area contributed by atoms with Gasteiger partial charge in [-0.15, -0.1) is 0 Å². The number of hydrogen-bond donors (Lipinski definition) is 1. The van der Waals surface area contributed by atoms with Crippen molar-refractivity contribution in [3.63, 3.8) is 0 Å². The Morgan fingerprint density at radius 2 is 1.73 bits per heavy atom. The maximum absolute atomic E-state index is 13.4. The predicted octanol–water partition coefficient (Wildman–Crippen LogP) is 5.76. The van der Waals surface area contributed by atoms with Crippen LogP contribution in [0.15, 0.2) is 78.4 Å². The number of nitrogens with zero attached hydrogens (tertiary/aromatic N) is 2. The number of carbonyl (C=O) groups is 2. The Kier molecular flexibility index (Phi) is 7.59. The van der Waals surface area contributed by atoms with E-state index < -0.39 is 17.7 Å². The summed E-state index contributed by atoms with van der Waals surface area (Å²) >= 11 is 0. The van der Waals surface area contributed by atoms with Gasteiger partial charge >= 0.3 is 0 Å². The zero-order valence-corrected chi connectivity index (χ0v) is 21.0. The van der Waals surface area contributed by atoms with Crippen LogP contribution < -0.4 is 14.4 Å². The normalized spacial score (nSPS) is 16.6. The van der Waals surface area contributed by atoms with Gasteiger partial charge in [0, 0.05) is 11.3 Å². The SMILES string of the molecule is CCCOc1cccc(/C(O)=C2/C(=O)C(=O)N(c3ccc(C#N)cc3)C2c2ccc(OC(C)C)cc2)c1. The number of nitriles is 1. The van der Waals surface area contributed by atoms with Crippen molar-refractivity contribution in [1.29, 1.82) is 5.26 Å². The van der Waals surface area contributed by atoms with E-state index in [0.717, 1.165) is 6.42 Å². The van der Waals surface area contributed by atoms with Crippen LogP contribution >= 0.6 is 0 Å². The zero-order chi connectivity index (χ0) is 26.5. The Bertz CT molecular complexity index is 1370. The van der Waals surface area contributed by atoms with Crippen molar-refractivity contribution >= 4 is 23.1 Å². The number of carbonyl (C=O) groups excluding carboxylic acids is 2. The summed E-state index contributed by atoms with van der Waals surface area (Å²) in [6, 6.07) is 21.5. The third-order valence-electron chi connectivity index (χ3n) is 5.87. The minimum atomic E-state index is -0.888. The smallest absolute Gasteiger partial charge is 0.300 e. The summed E-state index contributed by atoms with van der Waals surface area (Å²) in [5.41, 5.74) is 1.83. The third kappa shape index (κ3) is 5.34. The Balaban J connectivity index is 1.85. The third-order valence-corrected chi connectivity index (χ3v) is 5.87. The van der Waals surface area contributed by atoms with Crippen LogP contribution in [0.3, 0.4) is 0 Å². The lowest BCUT2D eigenvalue weighted by molar-refractivity contribution is -0.132. The van der Waals surface area contributed by atoms with E-state index in [-0.39, 0.29) is 17.4 Å². The molecule has 1 aliphatic heterocycles. The minimum Gasteiger partial charge on any atom is -0.507 e. The molecule has 1 heterocycles. The highest BCUT2D eigenvalue weighted by Gasteiger charge is 2.47. The van der Waals surface area contributed by atoms with Crippen molar-refractivity contribution in [3.8, 4) is 17.6 Å². The van der Waals surface area contributed by atoms with Crippen LogP contribution in [0.1, 0.15) is 49.9 Å². The highest BCUT2D eigenvalue weighted by molar-refractivity contribution is 6.51. The van der Waals surface area contributed by atoms with Crippen LogP contribution in [0.4, 0.5) is 5.69 Å². The highest BCUT2D eigenvalue weighted by atomic mass is 16.5. The van der Waals surface area contributed by atoms with Crippen molar-refractivity contribution in [2.75, 3.05) is 11.5 Å². The summed E-state index contributed by atoms with van der Waals surface area (Å²) in [7, 11) is 0. The predicted molar refractivity (Wildman–Crippen MR) is 140 cm³/mol. The molecular weight excluding hydrogens is 468 g/mol. The van der Waals surface area contributed by atoms with Crippen molar-refractivity contribution in [2.24, 2.45) is 0 Å². The molecule has 0 bridgehead atoms. The van der Waals surface area contributed by atoms with Gasteiger partial charge in [-0.05, 0) is 74.4 Å². The molecule has 1 saturated heterocycles. The van der Waals surface area contributed by atoms with E-state index in [4.69, 9.17) is 9.47 Å². The molecule has 1 atom stereocenters. The lowest BCUT2D eigenvalue weighted by Crippen LogP contribution is -2.29. The molecule has 188 valence electrons. The van der Waals surface area contributed by atoms with Gasteiger partial charge in [0.1, 0.15) is 17.3 Å². The van der Waals surface area contributed by atoms with Crippen LogP contribution in [0.5, 0.6) is 11.5 Å². The van der Waals surface area contributed by atoms with E-state index in [1.54, 1.807) is 72.8 Å². The molecule has 7 heteroatoms. The summed E-state index contributed by atoms with van der Waals surface area (Å²) < 4.78 is 11.4. The van der Waals surface area contributed by atoms with Crippen molar-refractivity contribution in [3.05, 3.63) is 95.1 Å². The molecule has 0 spiro atoms. The second-order valence-electron chi connectivity index (χ2n) is 8.94. The highest BCUT2D eigenvalue weighted by Crippen LogP contribution is 2.42. The number of benzene rings is 3. The molecule has 4 rings (SSSR count). The summed E-state index contributed by atoms with van der Waals surface area (Å²) in [6.45, 7) is 6.35. The standard InChI is InChI=1S/C30H28N2O5/c1-4-16-36-25-7-5-6-22(17-25)28(33)26-27(21-10-14-24(15-11-21)37-19(2)3)32(30(35)29(26)34)23-12-8-20(18-31)9-13-23/h5-15,17,19,27,33H,4,16H2,1-3H3/b28-26-. The Hall–Kier alpha value is -4.57. The van der Waals surface area contributed by atoms with E-state index in [0.29, 0.717) is 40.5 Å². The summed E-state index contributed by atoms with van der Waals surface area (Å²) in [5.74, 6) is -0.649. The minimum absolute atomic E-state index is 0.0164. The van der Waals surface area contributed by atoms with Crippen molar-refractivity contribution < 1.29 is 24.2 Å². The second-order valence-corrected chi connectivity index (χ2v) is 8.94. The van der Waals surface area contributed by atoms with Gasteiger partial charge in [0.25, 0.3) is 11.7 Å². The first-order chi connectivity index (χ1) is 17.8. The summed E-state index contributed by atoms with van der Waals surface area (Å²) in [6.07, 6.45) is 0.806. The maximum Gasteiger partial charge on any atom is 0.300 e. The van der Waals surface area contributed by atoms with E-state index in [1.807, 2.05) is 20.8 Å². The van der Waals surface area contributed by atoms with Gasteiger partial charge in [0.2, 0.25) is 0 Å². The lowest BCUT2D eigenvalue weighted by atomic mass is 9.95. The molecule has 1 fully saturated rings. The summed E-state index contributed by atoms with van der Waals surface area (Å²) in [4.78, 5) is 28.0. The van der Waals surface area contributed by atoms with Crippen LogP contribution in [0.2, 0.25) is 0 Å². The molecule has 37 heavy (non-hydrogen) atoms. The molecule has 0 saturated carbocycles. The van der Waals surface area contributed by atoms with Crippen molar-refractivity contribution in [2.45, 2.75) is 39.3 Å². The van der Waals surface area contributed by atoms with Crippen LogP contribution in [-0.4, -0.2) is 29.5 Å². The van der Waals surface area contributed by atoms with Crippen LogP contribution in [0, 0.1) is 11.3 Å². The van der Waals surface area contributed by atoms with Gasteiger partial charge in [-0.1, -0.05) is 31.2 Å². The Labute approximate surface area is 216 Å². The van der Waals surface area contributed by atoms with E-state index in [1.165, 1.54) is 4.90 Å². The number of rotatable bonds is 8. The van der Waals surface area contributed by atoms with E-state index in [9.17, 15) is 20.0 Å². The average Bonchev–Trinajstić information content (AvgIpc) is 3.17. The molecule has 1 N–H and O–H groups in total. The number of ether oxygens (including phenoxy) is 2. The number of Topliss-reactive ketones (excluding diaryl/α,β-unsaturated/α-hetero) is 1. The fourth-order valence-corrected chi connectivity index (χ4v) is 4.22. The average molecular weight is 497 g/mol.